The summed E-state index contributed by atoms with van der Waals surface area (Å²) < 4.78 is 16.4. The number of hydrogen-bond donors (Lipinski definition) is 0. The second kappa shape index (κ2) is 12.1. The molecular weight excluding hydrogens is 436 g/mol. The number of rotatable bonds is 9. The van der Waals surface area contributed by atoms with Crippen LogP contribution in [-0.4, -0.2) is 68.0 Å². The van der Waals surface area contributed by atoms with Gasteiger partial charge in [0.2, 0.25) is 5.91 Å². The number of esters is 1. The van der Waals surface area contributed by atoms with Gasteiger partial charge in [-0.1, -0.05) is 30.3 Å². The third kappa shape index (κ3) is 6.50. The summed E-state index contributed by atoms with van der Waals surface area (Å²) in [5.74, 6) is -0.118. The third-order valence-corrected chi connectivity index (χ3v) is 5.76. The predicted molar refractivity (Wildman–Crippen MR) is 127 cm³/mol. The van der Waals surface area contributed by atoms with Crippen LogP contribution >= 0.6 is 0 Å². The van der Waals surface area contributed by atoms with Crippen LogP contribution in [0, 0.1) is 5.92 Å². The average Bonchev–Trinajstić information content (AvgIpc) is 2.87. The van der Waals surface area contributed by atoms with E-state index < -0.39 is 0 Å². The Hall–Kier alpha value is -3.55. The SMILES string of the molecule is CCOC(=O)C1CCCN(C(=O)CN(C)C(=O)c2ccc(OCc3ccccc3)c(OC)c2)C1. The largest absolute Gasteiger partial charge is 0.493 e. The molecule has 1 aliphatic rings. The topological polar surface area (TPSA) is 85.4 Å². The standard InChI is InChI=1S/C26H32N2O6/c1-4-33-26(31)21-11-8-14-28(16-21)24(29)17-27(2)25(30)20-12-13-22(23(15-20)32-3)34-18-19-9-6-5-7-10-19/h5-7,9-10,12-13,15,21H,4,8,11,14,16-18H2,1-3H3. The lowest BCUT2D eigenvalue weighted by Crippen LogP contribution is -2.47. The Morgan fingerprint density at radius 3 is 2.56 bits per heavy atom. The van der Waals surface area contributed by atoms with Gasteiger partial charge in [0.1, 0.15) is 6.61 Å². The van der Waals surface area contributed by atoms with Crippen molar-refractivity contribution in [3.8, 4) is 11.5 Å². The van der Waals surface area contributed by atoms with Gasteiger partial charge >= 0.3 is 5.97 Å². The van der Waals surface area contributed by atoms with Crippen molar-refractivity contribution < 1.29 is 28.6 Å². The highest BCUT2D eigenvalue weighted by atomic mass is 16.5. The first-order chi connectivity index (χ1) is 16.4. The Bertz CT molecular complexity index is 994. The number of piperidine rings is 1. The fourth-order valence-corrected chi connectivity index (χ4v) is 3.91. The van der Waals surface area contributed by atoms with E-state index in [1.807, 2.05) is 30.3 Å². The fourth-order valence-electron chi connectivity index (χ4n) is 3.91. The molecule has 1 heterocycles. The maximum Gasteiger partial charge on any atom is 0.310 e. The molecule has 2 aromatic carbocycles. The number of ether oxygens (including phenoxy) is 3. The minimum Gasteiger partial charge on any atom is -0.493 e. The van der Waals surface area contributed by atoms with Crippen LogP contribution in [0.5, 0.6) is 11.5 Å². The molecule has 8 nitrogen and oxygen atoms in total. The highest BCUT2D eigenvalue weighted by molar-refractivity contribution is 5.97. The molecule has 0 radical (unpaired) electrons. The maximum atomic E-state index is 13.0. The maximum absolute atomic E-state index is 13.0. The molecule has 0 spiro atoms. The van der Waals surface area contributed by atoms with E-state index >= 15 is 0 Å². The van der Waals surface area contributed by atoms with E-state index in [1.165, 1.54) is 12.0 Å². The van der Waals surface area contributed by atoms with E-state index in [0.29, 0.717) is 49.8 Å². The van der Waals surface area contributed by atoms with Crippen molar-refractivity contribution in [2.24, 2.45) is 5.92 Å². The van der Waals surface area contributed by atoms with Crippen LogP contribution in [0.15, 0.2) is 48.5 Å². The molecular formula is C26H32N2O6. The quantitative estimate of drug-likeness (QED) is 0.526. The van der Waals surface area contributed by atoms with E-state index in [2.05, 4.69) is 0 Å². The molecule has 34 heavy (non-hydrogen) atoms. The number of carbonyl (C=O) groups is 3. The highest BCUT2D eigenvalue weighted by Gasteiger charge is 2.30. The Kier molecular flexibility index (Phi) is 8.90. The fraction of sp³-hybridized carbons (Fsp3) is 0.423. The van der Waals surface area contributed by atoms with Crippen LogP contribution in [0.4, 0.5) is 0 Å². The number of carbonyl (C=O) groups excluding carboxylic acids is 3. The Balaban J connectivity index is 1.59. The molecule has 1 aliphatic heterocycles. The number of methoxy groups -OCH3 is 1. The first-order valence-electron chi connectivity index (χ1n) is 11.5. The number of nitrogens with zero attached hydrogens (tertiary/aromatic N) is 2. The monoisotopic (exact) mass is 468 g/mol. The summed E-state index contributed by atoms with van der Waals surface area (Å²) in [5.41, 5.74) is 1.41. The van der Waals surface area contributed by atoms with Crippen molar-refractivity contribution in [3.05, 3.63) is 59.7 Å². The lowest BCUT2D eigenvalue weighted by molar-refractivity contribution is -0.151. The third-order valence-electron chi connectivity index (χ3n) is 5.76. The normalized spacial score (nSPS) is 15.4. The molecule has 1 fully saturated rings. The van der Waals surface area contributed by atoms with Crippen LogP contribution in [0.2, 0.25) is 0 Å². The molecule has 0 bridgehead atoms. The molecule has 0 saturated carbocycles. The van der Waals surface area contributed by atoms with Crippen molar-refractivity contribution in [1.82, 2.24) is 9.80 Å². The Labute approximate surface area is 200 Å². The van der Waals surface area contributed by atoms with Crippen LogP contribution in [0.1, 0.15) is 35.7 Å². The zero-order valence-electron chi connectivity index (χ0n) is 20.0. The van der Waals surface area contributed by atoms with Gasteiger partial charge in [0.25, 0.3) is 5.91 Å². The number of amides is 2. The van der Waals surface area contributed by atoms with Gasteiger partial charge in [-0.2, -0.15) is 0 Å². The molecule has 1 unspecified atom stereocenters. The molecule has 0 N–H and O–H groups in total. The van der Waals surface area contributed by atoms with Crippen molar-refractivity contribution in [2.75, 3.05) is 40.4 Å². The van der Waals surface area contributed by atoms with Gasteiger partial charge in [0.05, 0.1) is 26.2 Å². The van der Waals surface area contributed by atoms with Gasteiger partial charge in [-0.15, -0.1) is 0 Å². The second-order valence-electron chi connectivity index (χ2n) is 8.23. The zero-order chi connectivity index (χ0) is 24.5. The molecule has 8 heteroatoms. The van der Waals surface area contributed by atoms with Crippen molar-refractivity contribution in [1.29, 1.82) is 0 Å². The number of likely N-dealkylation sites (tertiary alicyclic amines) is 1. The summed E-state index contributed by atoms with van der Waals surface area (Å²) in [5, 5.41) is 0. The molecule has 2 aromatic rings. The van der Waals surface area contributed by atoms with Crippen LogP contribution in [0.25, 0.3) is 0 Å². The van der Waals surface area contributed by atoms with E-state index in [-0.39, 0.29) is 30.2 Å². The average molecular weight is 469 g/mol. The summed E-state index contributed by atoms with van der Waals surface area (Å²) in [6.45, 7) is 3.27. The molecule has 1 atom stereocenters. The molecule has 0 aromatic heterocycles. The number of hydrogen-bond acceptors (Lipinski definition) is 6. The van der Waals surface area contributed by atoms with E-state index in [1.54, 1.807) is 37.1 Å². The van der Waals surface area contributed by atoms with E-state index in [0.717, 1.165) is 12.0 Å². The van der Waals surface area contributed by atoms with E-state index in [4.69, 9.17) is 14.2 Å². The van der Waals surface area contributed by atoms with Gasteiger partial charge < -0.3 is 24.0 Å². The van der Waals surface area contributed by atoms with Crippen LogP contribution < -0.4 is 9.47 Å². The Morgan fingerprint density at radius 2 is 1.85 bits per heavy atom. The minimum absolute atomic E-state index is 0.0804. The molecule has 3 rings (SSSR count). The van der Waals surface area contributed by atoms with Gasteiger partial charge in [0.15, 0.2) is 11.5 Å². The summed E-state index contributed by atoms with van der Waals surface area (Å²) in [7, 11) is 3.10. The smallest absolute Gasteiger partial charge is 0.310 e. The lowest BCUT2D eigenvalue weighted by Gasteiger charge is -2.32. The molecule has 1 saturated heterocycles. The molecule has 0 aliphatic carbocycles. The van der Waals surface area contributed by atoms with Gasteiger partial charge in [-0.3, -0.25) is 14.4 Å². The summed E-state index contributed by atoms with van der Waals surface area (Å²) in [4.78, 5) is 40.8. The first-order valence-corrected chi connectivity index (χ1v) is 11.5. The van der Waals surface area contributed by atoms with E-state index in [9.17, 15) is 14.4 Å². The second-order valence-corrected chi connectivity index (χ2v) is 8.23. The van der Waals surface area contributed by atoms with Crippen molar-refractivity contribution >= 4 is 17.8 Å². The lowest BCUT2D eigenvalue weighted by atomic mass is 9.98. The zero-order valence-corrected chi connectivity index (χ0v) is 20.0. The number of benzene rings is 2. The van der Waals surface area contributed by atoms with Gasteiger partial charge in [-0.05, 0) is 43.5 Å². The first kappa shape index (κ1) is 25.1. The summed E-state index contributed by atoms with van der Waals surface area (Å²) >= 11 is 0. The molecule has 2 amide bonds. The molecule has 182 valence electrons. The highest BCUT2D eigenvalue weighted by Crippen LogP contribution is 2.29. The van der Waals surface area contributed by atoms with Crippen molar-refractivity contribution in [3.63, 3.8) is 0 Å². The van der Waals surface area contributed by atoms with Gasteiger partial charge in [0, 0.05) is 25.7 Å². The predicted octanol–water partition coefficient (Wildman–Crippen LogP) is 3.15. The van der Waals surface area contributed by atoms with Crippen LogP contribution in [-0.2, 0) is 20.9 Å². The summed E-state index contributed by atoms with van der Waals surface area (Å²) in [6, 6.07) is 14.7. The van der Waals surface area contributed by atoms with Crippen molar-refractivity contribution in [2.45, 2.75) is 26.4 Å². The summed E-state index contributed by atoms with van der Waals surface area (Å²) in [6.07, 6.45) is 1.43. The number of likely N-dealkylation sites (N-methyl/N-ethyl adjacent to an activating group) is 1. The Morgan fingerprint density at radius 1 is 1.09 bits per heavy atom. The minimum atomic E-state index is -0.314. The van der Waals surface area contributed by atoms with Gasteiger partial charge in [-0.25, -0.2) is 0 Å². The van der Waals surface area contributed by atoms with Crippen LogP contribution in [0.3, 0.4) is 0 Å².